The number of allylic oxidation sites excluding steroid dienone is 2. The van der Waals surface area contributed by atoms with Crippen LogP contribution >= 0.6 is 0 Å². The summed E-state index contributed by atoms with van der Waals surface area (Å²) >= 11 is 0. The molecule has 0 aliphatic rings. The van der Waals surface area contributed by atoms with Crippen LogP contribution in [0, 0.1) is 0 Å². The number of hydrogen-bond acceptors (Lipinski definition) is 2. The van der Waals surface area contributed by atoms with Gasteiger partial charge in [-0.05, 0) is 44.0 Å². The van der Waals surface area contributed by atoms with Crippen LogP contribution < -0.4 is 4.74 Å². The molecule has 0 spiro atoms. The summed E-state index contributed by atoms with van der Waals surface area (Å²) in [5.41, 5.74) is 4.98. The van der Waals surface area contributed by atoms with Crippen molar-refractivity contribution >= 4 is 17.1 Å². The molecule has 0 fully saturated rings. The molecule has 0 saturated carbocycles. The molecule has 0 radical (unpaired) electrons. The molecule has 0 bridgehead atoms. The summed E-state index contributed by atoms with van der Waals surface area (Å²) in [6.45, 7) is 17.0. The average Bonchev–Trinajstić information content (AvgIpc) is 2.56. The molecule has 0 aliphatic carbocycles. The number of carbonyl (C=O) groups is 1. The molecular weight excluding hydrogens is 296 g/mol. The van der Waals surface area contributed by atoms with E-state index in [0.717, 1.165) is 11.1 Å². The van der Waals surface area contributed by atoms with E-state index in [1.807, 2.05) is 32.0 Å². The zero-order chi connectivity index (χ0) is 18.1. The number of benzene rings is 2. The quantitative estimate of drug-likeness (QED) is 0.397. The van der Waals surface area contributed by atoms with Gasteiger partial charge < -0.3 is 4.74 Å². The smallest absolute Gasteiger partial charge is 0.338 e. The highest BCUT2D eigenvalue weighted by molar-refractivity contribution is 5.88. The molecule has 0 saturated heterocycles. The molecule has 24 heavy (non-hydrogen) atoms. The maximum absolute atomic E-state index is 11.0. The maximum atomic E-state index is 11.0. The van der Waals surface area contributed by atoms with Gasteiger partial charge in [0.15, 0.2) is 0 Å². The third-order valence-electron chi connectivity index (χ3n) is 3.15. The molecule has 2 rings (SSSR count). The Balaban J connectivity index is 0.000000240. The minimum Gasteiger partial charge on any atom is -0.423 e. The number of rotatable bonds is 4. The number of ether oxygens (including phenoxy) is 1. The van der Waals surface area contributed by atoms with Gasteiger partial charge in [0, 0.05) is 5.57 Å². The van der Waals surface area contributed by atoms with Crippen molar-refractivity contribution in [2.75, 3.05) is 0 Å². The van der Waals surface area contributed by atoms with E-state index in [1.165, 1.54) is 11.1 Å². The average molecular weight is 320 g/mol. The first kappa shape index (κ1) is 19.2. The van der Waals surface area contributed by atoms with Crippen molar-refractivity contribution in [3.63, 3.8) is 0 Å². The van der Waals surface area contributed by atoms with Gasteiger partial charge in [-0.15, -0.1) is 0 Å². The molecule has 2 aromatic carbocycles. The van der Waals surface area contributed by atoms with Crippen molar-refractivity contribution in [3.05, 3.63) is 91.0 Å². The van der Waals surface area contributed by atoms with E-state index >= 15 is 0 Å². The summed E-state index contributed by atoms with van der Waals surface area (Å²) in [4.78, 5) is 11.0. The van der Waals surface area contributed by atoms with E-state index in [1.54, 1.807) is 31.2 Å². The molecule has 2 nitrogen and oxygen atoms in total. The van der Waals surface area contributed by atoms with Gasteiger partial charge in [-0.25, -0.2) is 4.79 Å². The Labute approximate surface area is 144 Å². The van der Waals surface area contributed by atoms with Gasteiger partial charge in [0.1, 0.15) is 5.75 Å². The molecule has 0 amide bonds. The Hall–Kier alpha value is -2.87. The van der Waals surface area contributed by atoms with Gasteiger partial charge in [-0.3, -0.25) is 0 Å². The first-order valence-corrected chi connectivity index (χ1v) is 7.66. The van der Waals surface area contributed by atoms with Gasteiger partial charge in [-0.2, -0.15) is 0 Å². The van der Waals surface area contributed by atoms with E-state index in [2.05, 4.69) is 31.9 Å². The second-order valence-corrected chi connectivity index (χ2v) is 5.59. The topological polar surface area (TPSA) is 26.3 Å². The summed E-state index contributed by atoms with van der Waals surface area (Å²) < 4.78 is 4.94. The van der Waals surface area contributed by atoms with E-state index in [-0.39, 0.29) is 5.97 Å². The minimum atomic E-state index is -0.388. The predicted octanol–water partition coefficient (Wildman–Crippen LogP) is 5.92. The zero-order valence-electron chi connectivity index (χ0n) is 14.6. The van der Waals surface area contributed by atoms with Crippen molar-refractivity contribution in [2.45, 2.75) is 20.8 Å². The Bertz CT molecular complexity index is 707. The monoisotopic (exact) mass is 320 g/mol. The number of esters is 1. The van der Waals surface area contributed by atoms with E-state index in [4.69, 9.17) is 4.74 Å². The van der Waals surface area contributed by atoms with Crippen molar-refractivity contribution in [3.8, 4) is 5.75 Å². The van der Waals surface area contributed by atoms with Crippen LogP contribution in [-0.2, 0) is 4.79 Å². The van der Waals surface area contributed by atoms with Gasteiger partial charge in [0.2, 0.25) is 0 Å². The van der Waals surface area contributed by atoms with Crippen LogP contribution in [0.3, 0.4) is 0 Å². The summed E-state index contributed by atoms with van der Waals surface area (Å²) in [5.74, 6) is 0.159. The number of hydrogen-bond donors (Lipinski definition) is 0. The summed E-state index contributed by atoms with van der Waals surface area (Å²) in [5, 5.41) is 0. The highest BCUT2D eigenvalue weighted by Gasteiger charge is 2.03. The Morgan fingerprint density at radius 1 is 0.750 bits per heavy atom. The van der Waals surface area contributed by atoms with Crippen molar-refractivity contribution in [1.29, 1.82) is 0 Å². The second-order valence-electron chi connectivity index (χ2n) is 5.59. The number of carbonyl (C=O) groups excluding carboxylic acids is 1. The highest BCUT2D eigenvalue weighted by Crippen LogP contribution is 2.22. The largest absolute Gasteiger partial charge is 0.423 e. The molecule has 2 heteroatoms. The summed E-state index contributed by atoms with van der Waals surface area (Å²) in [7, 11) is 0. The standard InChI is InChI=1S/C12H14.C10H10O2/c1-9(2)11-7-5-6-8-12(11)10(3)4;1-8(2)10(11)12-9-6-4-3-5-7-9/h5-8H,1,3H2,2,4H3;3-7H,1H2,2H3. The third-order valence-corrected chi connectivity index (χ3v) is 3.15. The molecule has 0 atom stereocenters. The molecule has 0 aromatic heterocycles. The van der Waals surface area contributed by atoms with Crippen LogP contribution in [0.4, 0.5) is 0 Å². The fraction of sp³-hybridized carbons (Fsp3) is 0.136. The Morgan fingerprint density at radius 2 is 1.17 bits per heavy atom. The van der Waals surface area contributed by atoms with Gasteiger partial charge in [0.05, 0.1) is 0 Å². The SMILES string of the molecule is C=C(C)C(=O)Oc1ccccc1.C=C(C)c1ccccc1C(=C)C. The first-order valence-electron chi connectivity index (χ1n) is 7.66. The molecule has 2 aromatic rings. The highest BCUT2D eigenvalue weighted by atomic mass is 16.5. The Morgan fingerprint density at radius 3 is 1.54 bits per heavy atom. The number of para-hydroxylation sites is 1. The lowest BCUT2D eigenvalue weighted by molar-refractivity contribution is -0.130. The molecule has 124 valence electrons. The second kappa shape index (κ2) is 9.31. The van der Waals surface area contributed by atoms with Crippen molar-refractivity contribution < 1.29 is 9.53 Å². The molecule has 0 aliphatic heterocycles. The van der Waals surface area contributed by atoms with Crippen LogP contribution in [0.15, 0.2) is 79.9 Å². The van der Waals surface area contributed by atoms with Gasteiger partial charge in [0.25, 0.3) is 0 Å². The van der Waals surface area contributed by atoms with Crippen LogP contribution in [0.5, 0.6) is 5.75 Å². The van der Waals surface area contributed by atoms with Crippen LogP contribution in [0.1, 0.15) is 31.9 Å². The fourth-order valence-corrected chi connectivity index (χ4v) is 1.91. The minimum absolute atomic E-state index is 0.388. The zero-order valence-corrected chi connectivity index (χ0v) is 14.6. The van der Waals surface area contributed by atoms with E-state index in [0.29, 0.717) is 11.3 Å². The fourth-order valence-electron chi connectivity index (χ4n) is 1.91. The first-order chi connectivity index (χ1) is 11.3. The van der Waals surface area contributed by atoms with E-state index in [9.17, 15) is 4.79 Å². The van der Waals surface area contributed by atoms with Crippen LogP contribution in [0.25, 0.3) is 11.1 Å². The molecule has 0 heterocycles. The lowest BCUT2D eigenvalue weighted by Gasteiger charge is -2.07. The third kappa shape index (κ3) is 6.09. The van der Waals surface area contributed by atoms with Crippen LogP contribution in [0.2, 0.25) is 0 Å². The van der Waals surface area contributed by atoms with Gasteiger partial charge in [-0.1, -0.05) is 73.3 Å². The molecular formula is C22H24O2. The van der Waals surface area contributed by atoms with Crippen molar-refractivity contribution in [2.24, 2.45) is 0 Å². The lowest BCUT2D eigenvalue weighted by atomic mass is 9.98. The predicted molar refractivity (Wildman–Crippen MR) is 103 cm³/mol. The van der Waals surface area contributed by atoms with Crippen LogP contribution in [-0.4, -0.2) is 5.97 Å². The molecule has 0 N–H and O–H groups in total. The summed E-state index contributed by atoms with van der Waals surface area (Å²) in [6.07, 6.45) is 0. The molecule has 0 unspecified atom stereocenters. The summed E-state index contributed by atoms with van der Waals surface area (Å²) in [6, 6.07) is 17.1. The normalized spacial score (nSPS) is 9.29. The van der Waals surface area contributed by atoms with Crippen molar-refractivity contribution in [1.82, 2.24) is 0 Å². The van der Waals surface area contributed by atoms with Gasteiger partial charge >= 0.3 is 5.97 Å². The lowest BCUT2D eigenvalue weighted by Crippen LogP contribution is -2.07. The maximum Gasteiger partial charge on any atom is 0.338 e. The Kier molecular flexibility index (Phi) is 7.44. The van der Waals surface area contributed by atoms with E-state index < -0.39 is 0 Å².